The maximum absolute atomic E-state index is 2.36. The lowest BCUT2D eigenvalue weighted by Gasteiger charge is -2.27. The van der Waals surface area contributed by atoms with E-state index in [1.54, 1.807) is 0 Å². The van der Waals surface area contributed by atoms with Gasteiger partial charge in [-0.25, -0.2) is 0 Å². The van der Waals surface area contributed by atoms with Crippen molar-refractivity contribution in [3.8, 4) is 55.6 Å². The van der Waals surface area contributed by atoms with Crippen LogP contribution in [0.25, 0.3) is 55.6 Å². The van der Waals surface area contributed by atoms with E-state index in [9.17, 15) is 0 Å². The maximum atomic E-state index is 2.36. The Morgan fingerprint density at radius 1 is 0.214 bits per heavy atom. The summed E-state index contributed by atoms with van der Waals surface area (Å²) in [7, 11) is 0. The smallest absolute Gasteiger partial charge is 0.0462 e. The van der Waals surface area contributed by atoms with Gasteiger partial charge in [-0.3, -0.25) is 0 Å². The molecule has 2 nitrogen and oxygen atoms in total. The first-order valence-corrected chi connectivity index (χ1v) is 24.8. The standard InChI is InChI=1S/C68H60N2/c1-49(2)47-51-15-19-55(20-16-51)59-27-39-65(40-28-59)70(66-41-29-60(30-42-66)56-21-17-52(18-22-56)48-50(3)4)68-45-33-62(34-46-68)61-31-43-67(44-32-61)69(63-35-23-57(24-36-63)53-11-7-5-8-12-53)64-37-25-58(26-38-64)54-13-9-6-10-14-54/h5-46,49-50H,47-48H2,1-4H3. The van der Waals surface area contributed by atoms with Crippen molar-refractivity contribution in [2.24, 2.45) is 11.8 Å². The second-order valence-electron chi connectivity index (χ2n) is 19.3. The highest BCUT2D eigenvalue weighted by Crippen LogP contribution is 2.40. The Labute approximate surface area is 415 Å². The summed E-state index contributed by atoms with van der Waals surface area (Å²) in [6.45, 7) is 9.10. The molecule has 342 valence electrons. The number of hydrogen-bond donors (Lipinski definition) is 0. The molecule has 0 aliphatic rings. The Morgan fingerprint density at radius 3 is 0.571 bits per heavy atom. The molecule has 10 aromatic carbocycles. The molecule has 10 rings (SSSR count). The van der Waals surface area contributed by atoms with Gasteiger partial charge in [0, 0.05) is 34.1 Å². The van der Waals surface area contributed by atoms with Gasteiger partial charge in [0.15, 0.2) is 0 Å². The van der Waals surface area contributed by atoms with Crippen LogP contribution >= 0.6 is 0 Å². The van der Waals surface area contributed by atoms with Gasteiger partial charge in [0.2, 0.25) is 0 Å². The molecule has 70 heavy (non-hydrogen) atoms. The fourth-order valence-electron chi connectivity index (χ4n) is 9.58. The van der Waals surface area contributed by atoms with E-state index >= 15 is 0 Å². The maximum Gasteiger partial charge on any atom is 0.0462 e. The average Bonchev–Trinajstić information content (AvgIpc) is 3.41. The largest absolute Gasteiger partial charge is 0.311 e. The van der Waals surface area contributed by atoms with Crippen molar-refractivity contribution in [3.63, 3.8) is 0 Å². The molecule has 10 aromatic rings. The highest BCUT2D eigenvalue weighted by Gasteiger charge is 2.17. The Bertz CT molecular complexity index is 3030. The molecule has 0 saturated carbocycles. The Balaban J connectivity index is 0.946. The van der Waals surface area contributed by atoms with Gasteiger partial charge in [0.25, 0.3) is 0 Å². The Kier molecular flexibility index (Phi) is 13.7. The molecule has 2 heteroatoms. The van der Waals surface area contributed by atoms with Crippen molar-refractivity contribution in [2.75, 3.05) is 9.80 Å². The number of anilines is 6. The van der Waals surface area contributed by atoms with Crippen molar-refractivity contribution >= 4 is 34.1 Å². The second kappa shape index (κ2) is 21.0. The zero-order valence-electron chi connectivity index (χ0n) is 40.7. The highest BCUT2D eigenvalue weighted by atomic mass is 15.1. The van der Waals surface area contributed by atoms with E-state index in [1.807, 2.05) is 0 Å². The van der Waals surface area contributed by atoms with Gasteiger partial charge in [-0.05, 0) is 164 Å². The lowest BCUT2D eigenvalue weighted by atomic mass is 9.98. The van der Waals surface area contributed by atoms with E-state index in [2.05, 4.69) is 292 Å². The van der Waals surface area contributed by atoms with Crippen LogP contribution in [-0.2, 0) is 12.8 Å². The molecular formula is C68H60N2. The van der Waals surface area contributed by atoms with Crippen molar-refractivity contribution in [3.05, 3.63) is 266 Å². The first kappa shape index (κ1) is 45.6. The highest BCUT2D eigenvalue weighted by molar-refractivity contribution is 5.83. The molecule has 0 atom stereocenters. The van der Waals surface area contributed by atoms with Crippen LogP contribution in [0.4, 0.5) is 34.1 Å². The molecule has 0 N–H and O–H groups in total. The fourth-order valence-corrected chi connectivity index (χ4v) is 9.58. The molecule has 0 aromatic heterocycles. The third-order valence-corrected chi connectivity index (χ3v) is 13.2. The summed E-state index contributed by atoms with van der Waals surface area (Å²) in [6.07, 6.45) is 2.18. The van der Waals surface area contributed by atoms with E-state index < -0.39 is 0 Å². The zero-order valence-corrected chi connectivity index (χ0v) is 40.7. The van der Waals surface area contributed by atoms with Crippen LogP contribution in [0.3, 0.4) is 0 Å². The van der Waals surface area contributed by atoms with Gasteiger partial charge in [-0.1, -0.05) is 210 Å². The zero-order chi connectivity index (χ0) is 47.8. The molecule has 0 spiro atoms. The minimum Gasteiger partial charge on any atom is -0.311 e. The van der Waals surface area contributed by atoms with Gasteiger partial charge in [0.05, 0.1) is 0 Å². The molecule has 0 saturated heterocycles. The predicted octanol–water partition coefficient (Wildman–Crippen LogP) is 19.4. The molecule has 0 fully saturated rings. The molecular weight excluding hydrogens is 845 g/mol. The fraction of sp³-hybridized carbons (Fsp3) is 0.118. The normalized spacial score (nSPS) is 11.2. The van der Waals surface area contributed by atoms with Gasteiger partial charge >= 0.3 is 0 Å². The number of nitrogens with zero attached hydrogens (tertiary/aromatic N) is 2. The first-order chi connectivity index (χ1) is 34.3. The molecule has 0 unspecified atom stereocenters. The molecule has 0 radical (unpaired) electrons. The predicted molar refractivity (Wildman–Crippen MR) is 300 cm³/mol. The van der Waals surface area contributed by atoms with Crippen LogP contribution in [0, 0.1) is 11.8 Å². The lowest BCUT2D eigenvalue weighted by Crippen LogP contribution is -2.10. The van der Waals surface area contributed by atoms with Crippen molar-refractivity contribution in [2.45, 2.75) is 40.5 Å². The summed E-state index contributed by atoms with van der Waals surface area (Å²) in [5.41, 5.74) is 21.4. The molecule has 0 heterocycles. The summed E-state index contributed by atoms with van der Waals surface area (Å²) >= 11 is 0. The van der Waals surface area contributed by atoms with Crippen LogP contribution in [0.2, 0.25) is 0 Å². The minimum atomic E-state index is 0.635. The summed E-state index contributed by atoms with van der Waals surface area (Å²) < 4.78 is 0. The lowest BCUT2D eigenvalue weighted by molar-refractivity contribution is 0.647. The van der Waals surface area contributed by atoms with Gasteiger partial charge in [0.1, 0.15) is 0 Å². The van der Waals surface area contributed by atoms with Gasteiger partial charge < -0.3 is 9.80 Å². The van der Waals surface area contributed by atoms with Gasteiger partial charge in [-0.2, -0.15) is 0 Å². The first-order valence-electron chi connectivity index (χ1n) is 24.8. The molecule has 0 amide bonds. The molecule has 0 bridgehead atoms. The van der Waals surface area contributed by atoms with E-state index in [0.29, 0.717) is 11.8 Å². The third kappa shape index (κ3) is 10.6. The SMILES string of the molecule is CC(C)Cc1ccc(-c2ccc(N(c3ccc(-c4ccc(CC(C)C)cc4)cc3)c3ccc(-c4ccc(N(c5ccc(-c6ccccc6)cc5)c5ccc(-c6ccccc6)cc5)cc4)cc3)cc2)cc1. The number of rotatable bonds is 15. The topological polar surface area (TPSA) is 6.48 Å². The van der Waals surface area contributed by atoms with Crippen LogP contribution in [-0.4, -0.2) is 0 Å². The van der Waals surface area contributed by atoms with Crippen LogP contribution in [0.5, 0.6) is 0 Å². The van der Waals surface area contributed by atoms with Gasteiger partial charge in [-0.15, -0.1) is 0 Å². The summed E-state index contributed by atoms with van der Waals surface area (Å²) in [5, 5.41) is 0. The van der Waals surface area contributed by atoms with Crippen molar-refractivity contribution in [1.82, 2.24) is 0 Å². The summed E-state index contributed by atoms with van der Waals surface area (Å²) in [5.74, 6) is 1.27. The Morgan fingerprint density at radius 2 is 0.386 bits per heavy atom. The van der Waals surface area contributed by atoms with E-state index in [1.165, 1.54) is 55.6 Å². The molecule has 0 aliphatic heterocycles. The minimum absolute atomic E-state index is 0.635. The van der Waals surface area contributed by atoms with Crippen molar-refractivity contribution < 1.29 is 0 Å². The van der Waals surface area contributed by atoms with E-state index in [0.717, 1.165) is 58.1 Å². The monoisotopic (exact) mass is 904 g/mol. The van der Waals surface area contributed by atoms with Crippen LogP contribution in [0.1, 0.15) is 38.8 Å². The van der Waals surface area contributed by atoms with Crippen LogP contribution in [0.15, 0.2) is 255 Å². The van der Waals surface area contributed by atoms with Crippen LogP contribution < -0.4 is 9.80 Å². The molecule has 0 aliphatic carbocycles. The summed E-state index contributed by atoms with van der Waals surface area (Å²) in [4.78, 5) is 4.70. The average molecular weight is 905 g/mol. The van der Waals surface area contributed by atoms with Crippen molar-refractivity contribution in [1.29, 1.82) is 0 Å². The van der Waals surface area contributed by atoms with E-state index in [-0.39, 0.29) is 0 Å². The third-order valence-electron chi connectivity index (χ3n) is 13.2. The quantitative estimate of drug-likeness (QED) is 0.101. The Hall–Kier alpha value is -8.20. The van der Waals surface area contributed by atoms with E-state index in [4.69, 9.17) is 0 Å². The summed E-state index contributed by atoms with van der Waals surface area (Å²) in [6, 6.07) is 93.0. The number of hydrogen-bond acceptors (Lipinski definition) is 2. The second-order valence-corrected chi connectivity index (χ2v) is 19.3. The number of benzene rings is 10.